The molecule has 0 spiro atoms. The number of carbonyl (C=O) groups is 1. The van der Waals surface area contributed by atoms with Crippen LogP contribution in [0.25, 0.3) is 0 Å². The van der Waals surface area contributed by atoms with Gasteiger partial charge in [-0.2, -0.15) is 0 Å². The van der Waals surface area contributed by atoms with Crippen LogP contribution in [0.4, 0.5) is 0 Å². The number of carbonyl (C=O) groups excluding carboxylic acids is 1. The predicted molar refractivity (Wildman–Crippen MR) is 116 cm³/mol. The average molecular weight is 405 g/mol. The Morgan fingerprint density at radius 3 is 2.10 bits per heavy atom. The third kappa shape index (κ3) is 2.72. The Bertz CT molecular complexity index is 1060. The van der Waals surface area contributed by atoms with E-state index in [0.717, 1.165) is 39.9 Å². The summed E-state index contributed by atoms with van der Waals surface area (Å²) in [6.07, 6.45) is 0.554. The van der Waals surface area contributed by atoms with Crippen LogP contribution in [0.3, 0.4) is 0 Å². The normalized spacial score (nSPS) is 26.6. The summed E-state index contributed by atoms with van der Waals surface area (Å²) in [4.78, 5) is 25.5. The Kier molecular flexibility index (Phi) is 4.30. The first-order valence-corrected chi connectivity index (χ1v) is 10.7. The minimum atomic E-state index is -0.145. The van der Waals surface area contributed by atoms with Gasteiger partial charge in [-0.3, -0.25) is 9.63 Å². The number of aryl methyl sites for hydroxylation is 6. The highest BCUT2D eigenvalue weighted by Crippen LogP contribution is 2.47. The van der Waals surface area contributed by atoms with Gasteiger partial charge in [0.25, 0.3) is 5.91 Å². The van der Waals surface area contributed by atoms with Crippen LogP contribution in [0.5, 0.6) is 0 Å². The molecule has 0 aromatic heterocycles. The Morgan fingerprint density at radius 2 is 1.50 bits per heavy atom. The number of hydrogen-bond donors (Lipinski definition) is 0. The van der Waals surface area contributed by atoms with Crippen molar-refractivity contribution in [1.29, 1.82) is 0 Å². The quantitative estimate of drug-likeness (QED) is 0.741. The van der Waals surface area contributed by atoms with Gasteiger partial charge in [0.1, 0.15) is 12.1 Å². The van der Waals surface area contributed by atoms with Gasteiger partial charge in [-0.1, -0.05) is 40.5 Å². The summed E-state index contributed by atoms with van der Waals surface area (Å²) in [5.41, 5.74) is 9.64. The summed E-state index contributed by atoms with van der Waals surface area (Å²) < 4.78 is 0. The van der Waals surface area contributed by atoms with E-state index < -0.39 is 0 Å². The zero-order valence-corrected chi connectivity index (χ0v) is 18.4. The number of nitrogens with zero attached hydrogens (tertiary/aromatic N) is 2. The van der Waals surface area contributed by atoms with Gasteiger partial charge in [-0.15, -0.1) is 0 Å². The molecule has 2 aliphatic heterocycles. The first-order valence-electron chi connectivity index (χ1n) is 10.7. The molecule has 1 amide bonds. The van der Waals surface area contributed by atoms with Gasteiger partial charge >= 0.3 is 0 Å². The molecule has 2 bridgehead atoms. The molecule has 1 aliphatic carbocycles. The molecule has 156 valence electrons. The SMILES string of the molecule is Cc1cc(C)c(C(=O)N2O[C@H]3C[C@@H]2[C@@H]2ON=C(c4c(C)cc(C)cc4C)[C@@H]23)c(C)c1. The van der Waals surface area contributed by atoms with E-state index in [1.54, 1.807) is 5.06 Å². The summed E-state index contributed by atoms with van der Waals surface area (Å²) in [6.45, 7) is 12.4. The molecule has 5 rings (SSSR count). The van der Waals surface area contributed by atoms with Crippen molar-refractivity contribution in [1.82, 2.24) is 5.06 Å². The Balaban J connectivity index is 1.43. The number of hydroxylamine groups is 2. The predicted octanol–water partition coefficient (Wildman–Crippen LogP) is 4.48. The van der Waals surface area contributed by atoms with Gasteiger partial charge in [0, 0.05) is 17.5 Å². The molecular formula is C25H28N2O3. The molecule has 5 heteroatoms. The molecular weight excluding hydrogens is 376 g/mol. The van der Waals surface area contributed by atoms with E-state index >= 15 is 0 Å². The fourth-order valence-electron chi connectivity index (χ4n) is 5.80. The van der Waals surface area contributed by atoms with Crippen molar-refractivity contribution in [3.05, 3.63) is 68.8 Å². The molecule has 0 radical (unpaired) electrons. The molecule has 2 heterocycles. The largest absolute Gasteiger partial charge is 0.389 e. The molecule has 1 saturated heterocycles. The van der Waals surface area contributed by atoms with E-state index in [9.17, 15) is 4.79 Å². The molecule has 2 aromatic carbocycles. The van der Waals surface area contributed by atoms with Crippen LogP contribution in [0, 0.1) is 47.5 Å². The highest BCUT2D eigenvalue weighted by molar-refractivity contribution is 6.06. The standard InChI is InChI=1S/C25H28N2O3/c1-12-7-14(3)20(15(4)8-12)23-22-19-11-18(24(22)29-26-23)27(30-19)25(28)21-16(5)9-13(2)10-17(21)6/h7-10,18-19,22,24H,11H2,1-6H3/t18-,19+,22+,24+/m1/s1. The molecule has 1 saturated carbocycles. The van der Waals surface area contributed by atoms with Gasteiger partial charge in [0.05, 0.1) is 11.6 Å². The van der Waals surface area contributed by atoms with Crippen LogP contribution in [0.15, 0.2) is 29.4 Å². The summed E-state index contributed by atoms with van der Waals surface area (Å²) in [7, 11) is 0. The number of benzene rings is 2. The van der Waals surface area contributed by atoms with Gasteiger partial charge in [-0.25, -0.2) is 5.06 Å². The minimum Gasteiger partial charge on any atom is -0.389 e. The van der Waals surface area contributed by atoms with Crippen molar-refractivity contribution >= 4 is 11.6 Å². The van der Waals surface area contributed by atoms with Gasteiger partial charge in [-0.05, 0) is 63.8 Å². The molecule has 30 heavy (non-hydrogen) atoms. The topological polar surface area (TPSA) is 51.1 Å². The lowest BCUT2D eigenvalue weighted by Gasteiger charge is -2.33. The van der Waals surface area contributed by atoms with E-state index in [1.807, 2.05) is 32.9 Å². The monoisotopic (exact) mass is 404 g/mol. The van der Waals surface area contributed by atoms with Crippen LogP contribution in [-0.4, -0.2) is 34.9 Å². The molecule has 0 N–H and O–H groups in total. The van der Waals surface area contributed by atoms with Crippen molar-refractivity contribution in [2.75, 3.05) is 0 Å². The first kappa shape index (κ1) is 19.3. The molecule has 3 aliphatic rings. The van der Waals surface area contributed by atoms with E-state index in [-0.39, 0.29) is 30.1 Å². The molecule has 4 atom stereocenters. The maximum absolute atomic E-state index is 13.4. The Morgan fingerprint density at radius 1 is 0.933 bits per heavy atom. The van der Waals surface area contributed by atoms with Crippen LogP contribution in [0.2, 0.25) is 0 Å². The van der Waals surface area contributed by atoms with Crippen LogP contribution >= 0.6 is 0 Å². The minimum absolute atomic E-state index is 0.0689. The summed E-state index contributed by atoms with van der Waals surface area (Å²) in [6, 6.07) is 8.36. The molecule has 2 aromatic rings. The Labute approximate surface area is 177 Å². The number of rotatable bonds is 2. The lowest BCUT2D eigenvalue weighted by Crippen LogP contribution is -2.49. The van der Waals surface area contributed by atoms with Crippen molar-refractivity contribution < 1.29 is 14.5 Å². The van der Waals surface area contributed by atoms with Crippen LogP contribution < -0.4 is 0 Å². The van der Waals surface area contributed by atoms with E-state index in [0.29, 0.717) is 0 Å². The van der Waals surface area contributed by atoms with Crippen LogP contribution in [0.1, 0.15) is 55.7 Å². The average Bonchev–Trinajstić information content (AvgIpc) is 3.32. The van der Waals surface area contributed by atoms with Gasteiger partial charge in [0.2, 0.25) is 0 Å². The second-order valence-electron chi connectivity index (χ2n) is 9.20. The highest BCUT2D eigenvalue weighted by atomic mass is 16.7. The molecule has 5 nitrogen and oxygen atoms in total. The molecule has 2 fully saturated rings. The lowest BCUT2D eigenvalue weighted by molar-refractivity contribution is -0.189. The second kappa shape index (κ2) is 6.67. The third-order valence-electron chi connectivity index (χ3n) is 6.77. The van der Waals surface area contributed by atoms with Crippen molar-refractivity contribution in [3.63, 3.8) is 0 Å². The number of fused-ring (bicyclic) bond motifs is 5. The first-order chi connectivity index (χ1) is 14.3. The summed E-state index contributed by atoms with van der Waals surface area (Å²) in [5, 5.41) is 6.05. The number of oxime groups is 1. The maximum Gasteiger partial charge on any atom is 0.278 e. The highest BCUT2D eigenvalue weighted by Gasteiger charge is 2.61. The van der Waals surface area contributed by atoms with Gasteiger partial charge < -0.3 is 4.84 Å². The zero-order chi connectivity index (χ0) is 21.3. The fraction of sp³-hybridized carbons (Fsp3) is 0.440. The summed E-state index contributed by atoms with van der Waals surface area (Å²) >= 11 is 0. The summed E-state index contributed by atoms with van der Waals surface area (Å²) in [5.74, 6) is -0.00457. The van der Waals surface area contributed by atoms with E-state index in [1.165, 1.54) is 16.7 Å². The van der Waals surface area contributed by atoms with Crippen LogP contribution in [-0.2, 0) is 9.68 Å². The third-order valence-corrected chi connectivity index (χ3v) is 6.77. The smallest absolute Gasteiger partial charge is 0.278 e. The van der Waals surface area contributed by atoms with E-state index in [2.05, 4.69) is 38.1 Å². The second-order valence-corrected chi connectivity index (χ2v) is 9.20. The fourth-order valence-corrected chi connectivity index (χ4v) is 5.80. The zero-order valence-electron chi connectivity index (χ0n) is 18.4. The van der Waals surface area contributed by atoms with Crippen molar-refractivity contribution in [2.24, 2.45) is 11.1 Å². The van der Waals surface area contributed by atoms with E-state index in [4.69, 9.17) is 9.68 Å². The van der Waals surface area contributed by atoms with Crippen molar-refractivity contribution in [2.45, 2.75) is 66.2 Å². The number of hydrogen-bond acceptors (Lipinski definition) is 4. The maximum atomic E-state index is 13.4. The molecule has 0 unspecified atom stereocenters. The van der Waals surface area contributed by atoms with Crippen molar-refractivity contribution in [3.8, 4) is 0 Å². The number of amides is 1. The Hall–Kier alpha value is -2.66. The lowest BCUT2D eigenvalue weighted by atomic mass is 9.86. The van der Waals surface area contributed by atoms with Gasteiger partial charge in [0.15, 0.2) is 6.10 Å².